The van der Waals surface area contributed by atoms with Gasteiger partial charge in [0.05, 0.1) is 22.6 Å². The van der Waals surface area contributed by atoms with Crippen LogP contribution >= 0.6 is 11.8 Å². The molecule has 9 heteroatoms. The molecule has 5 aromatic rings. The van der Waals surface area contributed by atoms with E-state index in [0.29, 0.717) is 37.5 Å². The summed E-state index contributed by atoms with van der Waals surface area (Å²) in [6, 6.07) is 19.9. The molecule has 6 rings (SSSR count). The van der Waals surface area contributed by atoms with Gasteiger partial charge in [0, 0.05) is 29.2 Å². The molecule has 1 fully saturated rings. The fourth-order valence-electron chi connectivity index (χ4n) is 4.66. The summed E-state index contributed by atoms with van der Waals surface area (Å²) in [5.41, 5.74) is 9.28. The zero-order chi connectivity index (χ0) is 23.8. The molecule has 2 N–H and O–H groups in total. The van der Waals surface area contributed by atoms with E-state index in [1.54, 1.807) is 24.2 Å². The van der Waals surface area contributed by atoms with Gasteiger partial charge >= 0.3 is 0 Å². The predicted octanol–water partition coefficient (Wildman–Crippen LogP) is 4.02. The number of pyridine rings is 1. The maximum Gasteiger partial charge on any atom is 0.228 e. The molecule has 1 aliphatic heterocycles. The maximum atomic E-state index is 12.4. The third-order valence-corrected chi connectivity index (χ3v) is 7.51. The van der Waals surface area contributed by atoms with Crippen LogP contribution in [0.2, 0.25) is 0 Å². The molecule has 1 aliphatic rings. The van der Waals surface area contributed by atoms with E-state index >= 15 is 0 Å². The first-order valence-corrected chi connectivity index (χ1v) is 12.2. The highest BCUT2D eigenvalue weighted by atomic mass is 32.2. The molecule has 1 amide bonds. The van der Waals surface area contributed by atoms with E-state index in [4.69, 9.17) is 10.5 Å². The van der Waals surface area contributed by atoms with Crippen LogP contribution in [0.3, 0.4) is 0 Å². The molecule has 0 spiro atoms. The van der Waals surface area contributed by atoms with Crippen LogP contribution in [0.5, 0.6) is 0 Å². The van der Waals surface area contributed by atoms with E-state index in [-0.39, 0.29) is 5.91 Å². The Morgan fingerprint density at radius 2 is 1.83 bits per heavy atom. The second kappa shape index (κ2) is 8.75. The van der Waals surface area contributed by atoms with E-state index in [2.05, 4.69) is 32.3 Å². The van der Waals surface area contributed by atoms with Crippen LogP contribution in [0.4, 0.5) is 0 Å². The van der Waals surface area contributed by atoms with Crippen LogP contribution in [0.15, 0.2) is 82.8 Å². The van der Waals surface area contributed by atoms with Gasteiger partial charge in [0.15, 0.2) is 11.5 Å². The molecule has 2 aromatic carbocycles. The van der Waals surface area contributed by atoms with Crippen molar-refractivity contribution in [3.63, 3.8) is 0 Å². The van der Waals surface area contributed by atoms with Gasteiger partial charge in [-0.05, 0) is 60.9 Å². The first-order valence-electron chi connectivity index (χ1n) is 11.4. The highest BCUT2D eigenvalue weighted by Crippen LogP contribution is 2.38. The molecule has 174 valence electrons. The highest BCUT2D eigenvalue weighted by Gasteiger charge is 2.40. The van der Waals surface area contributed by atoms with Crippen molar-refractivity contribution in [2.45, 2.75) is 28.0 Å². The Labute approximate surface area is 205 Å². The van der Waals surface area contributed by atoms with E-state index in [1.165, 1.54) is 0 Å². The lowest BCUT2D eigenvalue weighted by Crippen LogP contribution is -2.45. The van der Waals surface area contributed by atoms with Crippen LogP contribution in [0.25, 0.3) is 28.2 Å². The minimum atomic E-state index is -0.679. The number of hydrogen-bond donors (Lipinski definition) is 1. The number of hydrogen-bond acceptors (Lipinski definition) is 7. The van der Waals surface area contributed by atoms with Gasteiger partial charge in [-0.3, -0.25) is 19.2 Å². The maximum absolute atomic E-state index is 12.4. The van der Waals surface area contributed by atoms with Crippen LogP contribution in [-0.4, -0.2) is 43.7 Å². The number of ether oxygens (including phenoxy) is 1. The van der Waals surface area contributed by atoms with Crippen molar-refractivity contribution >= 4 is 34.3 Å². The molecule has 0 unspecified atom stereocenters. The Bertz CT molecular complexity index is 1550. The standard InChI is InChI=1S/C26H22N6O2S/c27-25(33)26(9-12-34-13-10-26)17-4-3-5-18(14-17)35-19-7-8-22-21(15-19)29-16-23-30-31-24(32(22)23)20-6-1-2-11-28-20/h1-8,11,14-16H,9-10,12-13H2,(H2,27,33). The van der Waals surface area contributed by atoms with Crippen molar-refractivity contribution < 1.29 is 9.53 Å². The lowest BCUT2D eigenvalue weighted by Gasteiger charge is -2.34. The summed E-state index contributed by atoms with van der Waals surface area (Å²) in [7, 11) is 0. The van der Waals surface area contributed by atoms with Gasteiger partial charge in [-0.15, -0.1) is 10.2 Å². The molecular weight excluding hydrogens is 460 g/mol. The van der Waals surface area contributed by atoms with E-state index in [9.17, 15) is 4.79 Å². The molecular formula is C26H22N6O2S. The monoisotopic (exact) mass is 482 g/mol. The van der Waals surface area contributed by atoms with Gasteiger partial charge in [-0.25, -0.2) is 0 Å². The predicted molar refractivity (Wildman–Crippen MR) is 133 cm³/mol. The molecule has 1 saturated heterocycles. The number of carbonyl (C=O) groups is 1. The number of amides is 1. The minimum Gasteiger partial charge on any atom is -0.381 e. The molecule has 8 nitrogen and oxygen atoms in total. The summed E-state index contributed by atoms with van der Waals surface area (Å²) in [5, 5.41) is 8.61. The zero-order valence-electron chi connectivity index (χ0n) is 18.8. The minimum absolute atomic E-state index is 0.292. The fourth-order valence-corrected chi connectivity index (χ4v) is 5.57. The average molecular weight is 483 g/mol. The van der Waals surface area contributed by atoms with Gasteiger partial charge in [0.1, 0.15) is 5.69 Å². The second-order valence-electron chi connectivity index (χ2n) is 8.53. The molecule has 0 bridgehead atoms. The van der Waals surface area contributed by atoms with E-state index in [1.807, 2.05) is 52.9 Å². The zero-order valence-corrected chi connectivity index (χ0v) is 19.6. The summed E-state index contributed by atoms with van der Waals surface area (Å²) in [6.07, 6.45) is 4.66. The number of nitrogens with two attached hydrogens (primary N) is 1. The smallest absolute Gasteiger partial charge is 0.228 e. The van der Waals surface area contributed by atoms with Crippen molar-refractivity contribution in [2.75, 3.05) is 13.2 Å². The highest BCUT2D eigenvalue weighted by molar-refractivity contribution is 7.99. The lowest BCUT2D eigenvalue weighted by molar-refractivity contribution is -0.127. The average Bonchev–Trinajstić information content (AvgIpc) is 3.34. The summed E-state index contributed by atoms with van der Waals surface area (Å²) in [4.78, 5) is 23.6. The van der Waals surface area contributed by atoms with Crippen LogP contribution in [0.1, 0.15) is 18.4 Å². The number of nitrogens with zero attached hydrogens (tertiary/aromatic N) is 5. The van der Waals surface area contributed by atoms with Crippen molar-refractivity contribution in [1.29, 1.82) is 0 Å². The number of benzene rings is 2. The Morgan fingerprint density at radius 1 is 0.971 bits per heavy atom. The van der Waals surface area contributed by atoms with Crippen LogP contribution in [0, 0.1) is 0 Å². The van der Waals surface area contributed by atoms with Crippen molar-refractivity contribution in [2.24, 2.45) is 5.73 Å². The van der Waals surface area contributed by atoms with Crippen LogP contribution < -0.4 is 5.73 Å². The third kappa shape index (κ3) is 3.82. The number of primary amides is 1. The third-order valence-electron chi connectivity index (χ3n) is 6.53. The Kier molecular flexibility index (Phi) is 5.43. The van der Waals surface area contributed by atoms with Gasteiger partial charge in [0.25, 0.3) is 0 Å². The molecule has 35 heavy (non-hydrogen) atoms. The largest absolute Gasteiger partial charge is 0.381 e. The number of fused-ring (bicyclic) bond motifs is 3. The molecule has 3 aromatic heterocycles. The quantitative estimate of drug-likeness (QED) is 0.403. The van der Waals surface area contributed by atoms with Gasteiger partial charge in [-0.1, -0.05) is 30.0 Å². The lowest BCUT2D eigenvalue weighted by atomic mass is 9.73. The van der Waals surface area contributed by atoms with Crippen molar-refractivity contribution in [3.05, 3.63) is 78.6 Å². The van der Waals surface area contributed by atoms with E-state index in [0.717, 1.165) is 32.1 Å². The van der Waals surface area contributed by atoms with Gasteiger partial charge < -0.3 is 10.5 Å². The van der Waals surface area contributed by atoms with Gasteiger partial charge in [-0.2, -0.15) is 0 Å². The first-order chi connectivity index (χ1) is 17.1. The van der Waals surface area contributed by atoms with E-state index < -0.39 is 5.41 Å². The Balaban J connectivity index is 1.36. The normalized spacial score (nSPS) is 15.4. The molecule has 0 radical (unpaired) electrons. The fraction of sp³-hybridized carbons (Fsp3) is 0.192. The van der Waals surface area contributed by atoms with Gasteiger partial charge in [0.2, 0.25) is 5.91 Å². The SMILES string of the molecule is NC(=O)C1(c2cccc(Sc3ccc4c(c3)ncc3nnc(-c5ccccn5)n34)c2)CCOCC1. The molecule has 0 atom stereocenters. The molecule has 0 aliphatic carbocycles. The Hall–Kier alpha value is -3.82. The summed E-state index contributed by atoms with van der Waals surface area (Å²) in [6.45, 7) is 1.07. The number of carbonyl (C=O) groups excluding carboxylic acids is 1. The first kappa shape index (κ1) is 21.7. The van der Waals surface area contributed by atoms with Crippen molar-refractivity contribution in [3.8, 4) is 11.5 Å². The topological polar surface area (TPSA) is 108 Å². The Morgan fingerprint density at radius 3 is 2.63 bits per heavy atom. The molecule has 4 heterocycles. The number of aromatic nitrogens is 5. The van der Waals surface area contributed by atoms with Crippen molar-refractivity contribution in [1.82, 2.24) is 24.6 Å². The number of rotatable bonds is 5. The second-order valence-corrected chi connectivity index (χ2v) is 9.68. The summed E-state index contributed by atoms with van der Waals surface area (Å²) < 4.78 is 7.46. The molecule has 0 saturated carbocycles. The summed E-state index contributed by atoms with van der Waals surface area (Å²) >= 11 is 1.62. The van der Waals surface area contributed by atoms with Crippen LogP contribution in [-0.2, 0) is 14.9 Å². The summed E-state index contributed by atoms with van der Waals surface area (Å²) in [5.74, 6) is 0.383.